The summed E-state index contributed by atoms with van der Waals surface area (Å²) in [6.07, 6.45) is 3.03. The van der Waals surface area contributed by atoms with Gasteiger partial charge in [0.15, 0.2) is 5.82 Å². The normalized spacial score (nSPS) is 23.1. The van der Waals surface area contributed by atoms with Gasteiger partial charge in [0.25, 0.3) is 5.92 Å². The van der Waals surface area contributed by atoms with Gasteiger partial charge >= 0.3 is 0 Å². The standard InChI is InChI=1S/C24H29ClF2N6O2S/c1-15-17(13-33(31-15)22-16(3-2-6-30-22)10-29-11-20(28)34)12-32-7-4-23(5-8-32)21-18(9-19(25)36-21)24(26,27)14-35-23/h2-3,6,9,17,29H,4-5,7-8,10-14H2,1H3,(H2,28,34). The van der Waals surface area contributed by atoms with E-state index in [4.69, 9.17) is 27.2 Å². The number of carbonyl (C=O) groups excluding carboxylic acids is 1. The molecule has 1 saturated heterocycles. The first kappa shape index (κ1) is 25.5. The molecule has 0 saturated carbocycles. The number of rotatable bonds is 7. The fourth-order valence-electron chi connectivity index (χ4n) is 5.22. The first-order chi connectivity index (χ1) is 17.2. The number of fused-ring (bicyclic) bond motifs is 2. The average Bonchev–Trinajstić information content (AvgIpc) is 3.42. The minimum absolute atomic E-state index is 0.0306. The van der Waals surface area contributed by atoms with Crippen LogP contribution in [0.25, 0.3) is 0 Å². The first-order valence-electron chi connectivity index (χ1n) is 12.0. The van der Waals surface area contributed by atoms with Gasteiger partial charge in [-0.15, -0.1) is 11.3 Å². The molecule has 12 heteroatoms. The van der Waals surface area contributed by atoms with Crippen molar-refractivity contribution in [1.82, 2.24) is 15.2 Å². The predicted octanol–water partition coefficient (Wildman–Crippen LogP) is 3.30. The summed E-state index contributed by atoms with van der Waals surface area (Å²) in [5.41, 5.74) is 6.53. The van der Waals surface area contributed by atoms with Gasteiger partial charge in [0, 0.05) is 60.0 Å². The lowest BCUT2D eigenvalue weighted by molar-refractivity contribution is -0.181. The van der Waals surface area contributed by atoms with Crippen LogP contribution in [0.2, 0.25) is 4.34 Å². The Labute approximate surface area is 217 Å². The minimum Gasteiger partial charge on any atom is -0.369 e. The van der Waals surface area contributed by atoms with Gasteiger partial charge in [-0.25, -0.2) is 9.99 Å². The summed E-state index contributed by atoms with van der Waals surface area (Å²) in [4.78, 5) is 18.5. The van der Waals surface area contributed by atoms with Crippen molar-refractivity contribution in [2.75, 3.05) is 44.3 Å². The summed E-state index contributed by atoms with van der Waals surface area (Å²) in [6.45, 7) is 4.98. The zero-order valence-electron chi connectivity index (χ0n) is 20.0. The molecule has 0 bridgehead atoms. The minimum atomic E-state index is -3.00. The molecule has 2 aromatic rings. The Morgan fingerprint density at radius 1 is 1.39 bits per heavy atom. The molecule has 3 N–H and O–H groups in total. The Morgan fingerprint density at radius 2 is 2.17 bits per heavy atom. The molecular weight excluding hydrogens is 510 g/mol. The number of primary amides is 1. The highest BCUT2D eigenvalue weighted by molar-refractivity contribution is 7.16. The van der Waals surface area contributed by atoms with E-state index in [1.807, 2.05) is 24.1 Å². The largest absolute Gasteiger partial charge is 0.369 e. The first-order valence-corrected chi connectivity index (χ1v) is 13.2. The highest BCUT2D eigenvalue weighted by Gasteiger charge is 2.51. The van der Waals surface area contributed by atoms with E-state index in [0.717, 1.165) is 36.7 Å². The van der Waals surface area contributed by atoms with Crippen LogP contribution in [0.4, 0.5) is 14.6 Å². The molecule has 194 valence electrons. The zero-order valence-corrected chi connectivity index (χ0v) is 21.5. The van der Waals surface area contributed by atoms with Crippen molar-refractivity contribution in [2.24, 2.45) is 16.8 Å². The van der Waals surface area contributed by atoms with Crippen LogP contribution in [0.5, 0.6) is 0 Å². The van der Waals surface area contributed by atoms with E-state index < -0.39 is 24.0 Å². The molecule has 0 aliphatic carbocycles. The maximum Gasteiger partial charge on any atom is 0.297 e. The Morgan fingerprint density at radius 3 is 2.92 bits per heavy atom. The number of alkyl halides is 2. The fourth-order valence-corrected chi connectivity index (χ4v) is 6.70. The van der Waals surface area contributed by atoms with Crippen LogP contribution in [0, 0.1) is 5.92 Å². The number of nitrogens with two attached hydrogens (primary N) is 1. The van der Waals surface area contributed by atoms with Crippen LogP contribution in [0.1, 0.15) is 35.8 Å². The molecule has 3 aliphatic rings. The molecule has 1 atom stereocenters. The lowest BCUT2D eigenvalue weighted by Crippen LogP contribution is -2.50. The third-order valence-corrected chi connectivity index (χ3v) is 8.62. The number of hydrazone groups is 1. The van der Waals surface area contributed by atoms with E-state index >= 15 is 0 Å². The van der Waals surface area contributed by atoms with Crippen molar-refractivity contribution in [2.45, 2.75) is 37.8 Å². The molecule has 1 spiro atoms. The maximum atomic E-state index is 14.4. The topological polar surface area (TPSA) is 96.1 Å². The molecule has 5 heterocycles. The second-order valence-electron chi connectivity index (χ2n) is 9.66. The molecule has 0 aromatic carbocycles. The molecule has 36 heavy (non-hydrogen) atoms. The smallest absolute Gasteiger partial charge is 0.297 e. The number of aromatic nitrogens is 1. The van der Waals surface area contributed by atoms with Crippen molar-refractivity contribution in [3.63, 3.8) is 0 Å². The summed E-state index contributed by atoms with van der Waals surface area (Å²) >= 11 is 7.34. The van der Waals surface area contributed by atoms with Gasteiger partial charge in [-0.2, -0.15) is 13.9 Å². The van der Waals surface area contributed by atoms with Gasteiger partial charge in [-0.3, -0.25) is 4.79 Å². The average molecular weight is 539 g/mol. The summed E-state index contributed by atoms with van der Waals surface area (Å²) in [6, 6.07) is 5.21. The summed E-state index contributed by atoms with van der Waals surface area (Å²) in [5, 5.41) is 9.71. The number of hydrogen-bond donors (Lipinski definition) is 2. The Hall–Kier alpha value is -2.18. The molecule has 1 fully saturated rings. The van der Waals surface area contributed by atoms with Crippen molar-refractivity contribution < 1.29 is 18.3 Å². The summed E-state index contributed by atoms with van der Waals surface area (Å²) in [5.74, 6) is -2.44. The molecule has 1 amide bonds. The van der Waals surface area contributed by atoms with Crippen molar-refractivity contribution in [3.05, 3.63) is 44.7 Å². The Kier molecular flexibility index (Phi) is 7.03. The molecule has 5 rings (SSSR count). The Bertz CT molecular complexity index is 1170. The molecular formula is C24H29ClF2N6O2S. The number of halogens is 3. The van der Waals surface area contributed by atoms with Gasteiger partial charge < -0.3 is 20.7 Å². The second kappa shape index (κ2) is 9.94. The number of nitrogens with zero attached hydrogens (tertiary/aromatic N) is 4. The van der Waals surface area contributed by atoms with Crippen LogP contribution in [-0.2, 0) is 27.6 Å². The monoisotopic (exact) mass is 538 g/mol. The van der Waals surface area contributed by atoms with Crippen molar-refractivity contribution >= 4 is 40.4 Å². The molecule has 3 aliphatic heterocycles. The molecule has 2 aromatic heterocycles. The number of ether oxygens (including phenoxy) is 1. The van der Waals surface area contributed by atoms with Gasteiger partial charge in [0.1, 0.15) is 12.2 Å². The summed E-state index contributed by atoms with van der Waals surface area (Å²) < 4.78 is 35.0. The van der Waals surface area contributed by atoms with Gasteiger partial charge in [0.2, 0.25) is 5.91 Å². The number of nitrogens with one attached hydrogen (secondary N) is 1. The lowest BCUT2D eigenvalue weighted by atomic mass is 9.84. The van der Waals surface area contributed by atoms with Gasteiger partial charge in [-0.05, 0) is 31.9 Å². The lowest BCUT2D eigenvalue weighted by Gasteiger charge is -2.45. The van der Waals surface area contributed by atoms with Crippen molar-refractivity contribution in [3.8, 4) is 0 Å². The van der Waals surface area contributed by atoms with Crippen molar-refractivity contribution in [1.29, 1.82) is 0 Å². The molecule has 1 unspecified atom stereocenters. The van der Waals surface area contributed by atoms with Crippen LogP contribution < -0.4 is 16.1 Å². The third kappa shape index (κ3) is 4.99. The SMILES string of the molecule is CC1=NN(c2ncccc2CNCC(N)=O)CC1CN1CCC2(CC1)OCC(F)(F)c1cc(Cl)sc12. The highest BCUT2D eigenvalue weighted by atomic mass is 35.5. The summed E-state index contributed by atoms with van der Waals surface area (Å²) in [7, 11) is 0. The number of carbonyl (C=O) groups is 1. The number of amides is 1. The van der Waals surface area contributed by atoms with Gasteiger partial charge in [0.05, 0.1) is 17.4 Å². The number of anilines is 1. The Balaban J connectivity index is 1.21. The van der Waals surface area contributed by atoms with E-state index in [-0.39, 0.29) is 18.0 Å². The quantitative estimate of drug-likeness (QED) is 0.561. The predicted molar refractivity (Wildman–Crippen MR) is 136 cm³/mol. The van der Waals surface area contributed by atoms with E-state index in [1.165, 1.54) is 17.4 Å². The second-order valence-corrected chi connectivity index (χ2v) is 11.3. The van der Waals surface area contributed by atoms with E-state index in [0.29, 0.717) is 35.1 Å². The van der Waals surface area contributed by atoms with E-state index in [9.17, 15) is 13.6 Å². The van der Waals surface area contributed by atoms with E-state index in [2.05, 4.69) is 15.2 Å². The van der Waals surface area contributed by atoms with Gasteiger partial charge in [-0.1, -0.05) is 17.7 Å². The highest BCUT2D eigenvalue weighted by Crippen LogP contribution is 2.52. The van der Waals surface area contributed by atoms with Crippen LogP contribution in [0.15, 0.2) is 29.5 Å². The number of pyridine rings is 1. The van der Waals surface area contributed by atoms with Crippen LogP contribution in [-0.4, -0.2) is 60.8 Å². The molecule has 8 nitrogen and oxygen atoms in total. The molecule has 0 radical (unpaired) electrons. The zero-order chi connectivity index (χ0) is 25.5. The number of thiophene rings is 1. The number of piperidine rings is 1. The fraction of sp³-hybridized carbons (Fsp3) is 0.542. The maximum absolute atomic E-state index is 14.4. The van der Waals surface area contributed by atoms with Crippen LogP contribution >= 0.6 is 22.9 Å². The van der Waals surface area contributed by atoms with Crippen LogP contribution in [0.3, 0.4) is 0 Å². The third-order valence-electron chi connectivity index (χ3n) is 7.17. The number of hydrogen-bond acceptors (Lipinski definition) is 8. The number of likely N-dealkylation sites (tertiary alicyclic amines) is 1. The van der Waals surface area contributed by atoms with E-state index in [1.54, 1.807) is 6.20 Å².